The van der Waals surface area contributed by atoms with Crippen LogP contribution in [0.5, 0.6) is 0 Å². The van der Waals surface area contributed by atoms with Crippen LogP contribution in [0.2, 0.25) is 0 Å². The van der Waals surface area contributed by atoms with Gasteiger partial charge in [0.15, 0.2) is 0 Å². The summed E-state index contributed by atoms with van der Waals surface area (Å²) in [6.07, 6.45) is 0. The first-order valence-electron chi connectivity index (χ1n) is 16.7. The summed E-state index contributed by atoms with van der Waals surface area (Å²) in [7, 11) is 0. The van der Waals surface area contributed by atoms with Crippen LogP contribution in [0.3, 0.4) is 0 Å². The molecule has 2 nitrogen and oxygen atoms in total. The van der Waals surface area contributed by atoms with Gasteiger partial charge < -0.3 is 9.47 Å². The molecule has 0 radical (unpaired) electrons. The molecule has 2 aromatic heterocycles. The summed E-state index contributed by atoms with van der Waals surface area (Å²) in [5.74, 6) is 0. The maximum absolute atomic E-state index is 2.52. The van der Waals surface area contributed by atoms with Crippen LogP contribution in [0.15, 0.2) is 182 Å². The summed E-state index contributed by atoms with van der Waals surface area (Å²) < 4.78 is 4.99. The van der Waals surface area contributed by atoms with Gasteiger partial charge in [-0.15, -0.1) is 11.3 Å². The number of thiophene rings is 1. The summed E-state index contributed by atoms with van der Waals surface area (Å²) in [6.45, 7) is 0. The lowest BCUT2D eigenvalue weighted by molar-refractivity contribution is 1.18. The van der Waals surface area contributed by atoms with Crippen LogP contribution in [0.4, 0.5) is 17.1 Å². The number of aromatic nitrogens is 1. The first kappa shape index (κ1) is 27.9. The highest BCUT2D eigenvalue weighted by molar-refractivity contribution is 7.26. The van der Waals surface area contributed by atoms with Gasteiger partial charge in [0.25, 0.3) is 0 Å². The fraction of sp³-hybridized carbons (Fsp3) is 0. The minimum absolute atomic E-state index is 1.14. The molecule has 0 aliphatic heterocycles. The Bertz CT molecular complexity index is 2830. The molecule has 0 fully saturated rings. The van der Waals surface area contributed by atoms with Gasteiger partial charge in [-0.1, -0.05) is 121 Å². The molecule has 0 bridgehead atoms. The molecule has 0 saturated heterocycles. The summed E-state index contributed by atoms with van der Waals surface area (Å²) in [5, 5.41) is 7.55. The Labute approximate surface area is 288 Å². The molecule has 0 aliphatic rings. The molecule has 10 rings (SSSR count). The Morgan fingerprint density at radius 2 is 1.02 bits per heavy atom. The second-order valence-corrected chi connectivity index (χ2v) is 13.6. The molecular formula is C46H30N2S. The lowest BCUT2D eigenvalue weighted by atomic mass is 9.99. The van der Waals surface area contributed by atoms with E-state index in [-0.39, 0.29) is 0 Å². The zero-order valence-electron chi connectivity index (χ0n) is 26.6. The Morgan fingerprint density at radius 1 is 0.408 bits per heavy atom. The van der Waals surface area contributed by atoms with Crippen molar-refractivity contribution in [3.63, 3.8) is 0 Å². The van der Waals surface area contributed by atoms with Crippen molar-refractivity contribution in [2.24, 2.45) is 0 Å². The third-order valence-electron chi connectivity index (χ3n) is 9.74. The van der Waals surface area contributed by atoms with Crippen molar-refractivity contribution in [1.82, 2.24) is 4.57 Å². The van der Waals surface area contributed by atoms with Gasteiger partial charge in [0, 0.05) is 42.2 Å². The van der Waals surface area contributed by atoms with E-state index in [4.69, 9.17) is 0 Å². The highest BCUT2D eigenvalue weighted by Gasteiger charge is 2.25. The zero-order chi connectivity index (χ0) is 32.3. The van der Waals surface area contributed by atoms with Crippen LogP contribution in [-0.2, 0) is 0 Å². The quantitative estimate of drug-likeness (QED) is 0.181. The molecule has 0 atom stereocenters. The maximum atomic E-state index is 2.52. The molecule has 0 spiro atoms. The lowest BCUT2D eigenvalue weighted by Crippen LogP contribution is -2.12. The average Bonchev–Trinajstić information content (AvgIpc) is 3.71. The number of hydrogen-bond donors (Lipinski definition) is 0. The van der Waals surface area contributed by atoms with Crippen LogP contribution >= 0.6 is 11.3 Å². The predicted molar refractivity (Wildman–Crippen MR) is 211 cm³/mol. The van der Waals surface area contributed by atoms with Gasteiger partial charge in [-0.3, -0.25) is 0 Å². The van der Waals surface area contributed by atoms with Crippen molar-refractivity contribution in [2.75, 3.05) is 4.90 Å². The number of hydrogen-bond acceptors (Lipinski definition) is 2. The topological polar surface area (TPSA) is 8.17 Å². The first-order valence-corrected chi connectivity index (χ1v) is 17.5. The summed E-state index contributed by atoms with van der Waals surface area (Å²) in [6, 6.07) is 66.2. The van der Waals surface area contributed by atoms with Gasteiger partial charge in [-0.05, 0) is 77.0 Å². The van der Waals surface area contributed by atoms with Gasteiger partial charge in [0.2, 0.25) is 0 Å². The Kier molecular flexibility index (Phi) is 6.39. The van der Waals surface area contributed by atoms with E-state index in [2.05, 4.69) is 191 Å². The van der Waals surface area contributed by atoms with Crippen molar-refractivity contribution in [3.05, 3.63) is 182 Å². The second kappa shape index (κ2) is 11.2. The monoisotopic (exact) mass is 642 g/mol. The number of anilines is 3. The standard InChI is InChI=1S/C46H30N2S/c1-3-15-31(16-4-1)35-21-9-11-23-38(35)48(42-27-14-28-43-46(42)37-29-32-17-7-8-18-33(32)30-44(37)49-43)41-26-13-25-40-45(41)36-22-10-12-24-39(36)47(40)34-19-5-2-6-20-34/h1-30H. The maximum Gasteiger partial charge on any atom is 0.0562 e. The molecule has 0 amide bonds. The summed E-state index contributed by atoms with van der Waals surface area (Å²) in [5.41, 5.74) is 9.37. The highest BCUT2D eigenvalue weighted by atomic mass is 32.1. The number of fused-ring (bicyclic) bond motifs is 7. The van der Waals surface area contributed by atoms with Crippen LogP contribution in [0, 0.1) is 0 Å². The Hall–Kier alpha value is -6.16. The molecule has 230 valence electrons. The third kappa shape index (κ3) is 4.40. The van der Waals surface area contributed by atoms with E-state index < -0.39 is 0 Å². The number of benzene rings is 8. The molecule has 49 heavy (non-hydrogen) atoms. The van der Waals surface area contributed by atoms with Gasteiger partial charge >= 0.3 is 0 Å². The third-order valence-corrected chi connectivity index (χ3v) is 10.9. The molecule has 2 heterocycles. The van der Waals surface area contributed by atoms with Crippen molar-refractivity contribution in [3.8, 4) is 16.8 Å². The number of rotatable bonds is 5. The molecular weight excluding hydrogens is 613 g/mol. The molecule has 0 saturated carbocycles. The molecule has 0 N–H and O–H groups in total. The van der Waals surface area contributed by atoms with Crippen molar-refractivity contribution >= 4 is 81.1 Å². The van der Waals surface area contributed by atoms with Crippen LogP contribution in [0.1, 0.15) is 0 Å². The van der Waals surface area contributed by atoms with Crippen LogP contribution < -0.4 is 4.90 Å². The normalized spacial score (nSPS) is 11.7. The van der Waals surface area contributed by atoms with Gasteiger partial charge in [-0.25, -0.2) is 0 Å². The largest absolute Gasteiger partial charge is 0.309 e. The molecule has 0 aliphatic carbocycles. The first-order chi connectivity index (χ1) is 24.3. The van der Waals surface area contributed by atoms with E-state index in [1.807, 2.05) is 11.3 Å². The number of nitrogens with zero attached hydrogens (tertiary/aromatic N) is 2. The van der Waals surface area contributed by atoms with Crippen LogP contribution in [0.25, 0.3) is 69.6 Å². The van der Waals surface area contributed by atoms with E-state index in [0.29, 0.717) is 0 Å². The van der Waals surface area contributed by atoms with E-state index in [1.54, 1.807) is 0 Å². The highest BCUT2D eigenvalue weighted by Crippen LogP contribution is 2.50. The van der Waals surface area contributed by atoms with Gasteiger partial charge in [0.05, 0.1) is 28.1 Å². The SMILES string of the molecule is c1ccc(-c2ccccc2N(c2cccc3sc4cc5ccccc5cc4c23)c2cccc3c2c2ccccc2n3-c2ccccc2)cc1. The van der Waals surface area contributed by atoms with Crippen molar-refractivity contribution in [2.45, 2.75) is 0 Å². The van der Waals surface area contributed by atoms with Crippen molar-refractivity contribution < 1.29 is 0 Å². The fourth-order valence-electron chi connectivity index (χ4n) is 7.64. The second-order valence-electron chi connectivity index (χ2n) is 12.5. The van der Waals surface area contributed by atoms with E-state index in [1.165, 1.54) is 69.6 Å². The molecule has 0 unspecified atom stereocenters. The van der Waals surface area contributed by atoms with Crippen molar-refractivity contribution in [1.29, 1.82) is 0 Å². The smallest absolute Gasteiger partial charge is 0.0562 e. The van der Waals surface area contributed by atoms with E-state index in [9.17, 15) is 0 Å². The molecule has 10 aromatic rings. The fourth-order valence-corrected chi connectivity index (χ4v) is 8.80. The van der Waals surface area contributed by atoms with Gasteiger partial charge in [0.1, 0.15) is 0 Å². The Morgan fingerprint density at radius 3 is 1.86 bits per heavy atom. The number of para-hydroxylation sites is 3. The molecule has 3 heteroatoms. The lowest BCUT2D eigenvalue weighted by Gasteiger charge is -2.29. The summed E-state index contributed by atoms with van der Waals surface area (Å²) >= 11 is 1.88. The minimum Gasteiger partial charge on any atom is -0.309 e. The van der Waals surface area contributed by atoms with Gasteiger partial charge in [-0.2, -0.15) is 0 Å². The van der Waals surface area contributed by atoms with E-state index in [0.717, 1.165) is 17.1 Å². The predicted octanol–water partition coefficient (Wildman–Crippen LogP) is 13.4. The van der Waals surface area contributed by atoms with E-state index >= 15 is 0 Å². The van der Waals surface area contributed by atoms with Crippen LogP contribution in [-0.4, -0.2) is 4.57 Å². The Balaban J connectivity index is 1.35. The summed E-state index contributed by atoms with van der Waals surface area (Å²) in [4.78, 5) is 2.52. The zero-order valence-corrected chi connectivity index (χ0v) is 27.4. The minimum atomic E-state index is 1.14. The molecule has 8 aromatic carbocycles. The average molecular weight is 643 g/mol.